The number of rotatable bonds is 9. The number of aliphatic hydroxyl groups excluding tert-OH is 1. The summed E-state index contributed by atoms with van der Waals surface area (Å²) in [7, 11) is 0. The molecule has 3 N–H and O–H groups in total. The molecule has 1 aromatic carbocycles. The molecule has 3 nitrogen and oxygen atoms in total. The van der Waals surface area contributed by atoms with Crippen molar-refractivity contribution in [3.63, 3.8) is 0 Å². The first-order valence-electron chi connectivity index (χ1n) is 7.40. The third-order valence-electron chi connectivity index (χ3n) is 3.40. The van der Waals surface area contributed by atoms with Crippen LogP contribution in [0.25, 0.3) is 0 Å². The van der Waals surface area contributed by atoms with Crippen LogP contribution in [0.1, 0.15) is 45.1 Å². The van der Waals surface area contributed by atoms with Crippen LogP contribution in [-0.2, 0) is 6.42 Å². The molecular weight excluding hydrogens is 309 g/mol. The minimum atomic E-state index is -0.589. The van der Waals surface area contributed by atoms with Gasteiger partial charge < -0.3 is 15.6 Å². The van der Waals surface area contributed by atoms with Crippen molar-refractivity contribution in [2.45, 2.75) is 51.5 Å². The number of aliphatic hydroxyl groups is 1. The van der Waals surface area contributed by atoms with E-state index < -0.39 is 5.54 Å². The highest BCUT2D eigenvalue weighted by Gasteiger charge is 2.17. The average Bonchev–Trinajstić information content (AvgIpc) is 2.44. The Hall–Kier alpha value is -0.480. The van der Waals surface area contributed by atoms with Crippen LogP contribution in [0.3, 0.4) is 0 Å². The summed E-state index contributed by atoms with van der Waals surface area (Å²) in [5.41, 5.74) is 6.33. The monoisotopic (exact) mass is 333 g/mol. The highest BCUT2D eigenvalue weighted by atomic mass is 35.5. The Morgan fingerprint density at radius 1 is 1.24 bits per heavy atom. The number of nitrogens with two attached hydrogens (primary N) is 1. The standard InChI is InChI=1S/C16H25Cl2NO2/c1-3-4-5-8-21-15-13(17)9-12(10-14(15)18)6-7-16(2,19)11-20/h9-10,20H,3-8,11,19H2,1-2H3/t16-/m1/s1. The summed E-state index contributed by atoms with van der Waals surface area (Å²) in [6.45, 7) is 4.54. The molecule has 0 heterocycles. The maximum atomic E-state index is 9.17. The van der Waals surface area contributed by atoms with Crippen LogP contribution in [0, 0.1) is 0 Å². The van der Waals surface area contributed by atoms with Crippen LogP contribution in [0.5, 0.6) is 5.75 Å². The van der Waals surface area contributed by atoms with Gasteiger partial charge in [0, 0.05) is 5.54 Å². The summed E-state index contributed by atoms with van der Waals surface area (Å²) in [5, 5.41) is 10.2. The number of unbranched alkanes of at least 4 members (excludes halogenated alkanes) is 2. The first kappa shape index (κ1) is 18.6. The number of ether oxygens (including phenoxy) is 1. The smallest absolute Gasteiger partial charge is 0.156 e. The zero-order valence-electron chi connectivity index (χ0n) is 12.8. The van der Waals surface area contributed by atoms with Crippen LogP contribution < -0.4 is 10.5 Å². The minimum Gasteiger partial charge on any atom is -0.490 e. The number of benzene rings is 1. The number of aryl methyl sites for hydroxylation is 1. The van der Waals surface area contributed by atoms with Crippen LogP contribution >= 0.6 is 23.2 Å². The van der Waals surface area contributed by atoms with Crippen LogP contribution in [0.15, 0.2) is 12.1 Å². The van der Waals surface area contributed by atoms with Crippen LogP contribution in [0.2, 0.25) is 10.0 Å². The van der Waals surface area contributed by atoms with E-state index in [2.05, 4.69) is 6.92 Å². The van der Waals surface area contributed by atoms with E-state index in [1.807, 2.05) is 19.1 Å². The zero-order chi connectivity index (χ0) is 15.9. The van der Waals surface area contributed by atoms with Gasteiger partial charge in [0.1, 0.15) is 0 Å². The third kappa shape index (κ3) is 6.43. The summed E-state index contributed by atoms with van der Waals surface area (Å²) >= 11 is 12.5. The Kier molecular flexibility index (Phi) is 7.82. The molecule has 0 amide bonds. The van der Waals surface area contributed by atoms with Crippen molar-refractivity contribution in [2.75, 3.05) is 13.2 Å². The first-order valence-corrected chi connectivity index (χ1v) is 8.15. The molecule has 1 aromatic rings. The molecule has 0 fully saturated rings. The normalized spacial score (nSPS) is 14.0. The molecule has 0 aliphatic carbocycles. The lowest BCUT2D eigenvalue weighted by atomic mass is 9.95. The molecule has 21 heavy (non-hydrogen) atoms. The SMILES string of the molecule is CCCCCOc1c(Cl)cc(CC[C@@](C)(N)CO)cc1Cl. The Balaban J connectivity index is 2.66. The van der Waals surface area contributed by atoms with Crippen LogP contribution in [0.4, 0.5) is 0 Å². The molecule has 0 spiro atoms. The summed E-state index contributed by atoms with van der Waals surface area (Å²) in [6.07, 6.45) is 4.64. The van der Waals surface area contributed by atoms with Crippen molar-refractivity contribution in [3.8, 4) is 5.75 Å². The quantitative estimate of drug-likeness (QED) is 0.665. The van der Waals surface area contributed by atoms with E-state index in [1.165, 1.54) is 0 Å². The highest BCUT2D eigenvalue weighted by molar-refractivity contribution is 6.37. The second-order valence-electron chi connectivity index (χ2n) is 5.76. The predicted molar refractivity (Wildman–Crippen MR) is 89.5 cm³/mol. The predicted octanol–water partition coefficient (Wildman–Crippen LogP) is 4.20. The van der Waals surface area contributed by atoms with Gasteiger partial charge in [-0.2, -0.15) is 0 Å². The molecular formula is C16H25Cl2NO2. The van der Waals surface area contributed by atoms with Gasteiger partial charge in [0.25, 0.3) is 0 Å². The zero-order valence-corrected chi connectivity index (χ0v) is 14.3. The third-order valence-corrected chi connectivity index (χ3v) is 3.96. The summed E-state index contributed by atoms with van der Waals surface area (Å²) in [4.78, 5) is 0. The number of hydrogen-bond acceptors (Lipinski definition) is 3. The van der Waals surface area contributed by atoms with Crippen molar-refractivity contribution in [1.29, 1.82) is 0 Å². The highest BCUT2D eigenvalue weighted by Crippen LogP contribution is 2.35. The molecule has 0 aliphatic heterocycles. The van der Waals surface area contributed by atoms with E-state index in [-0.39, 0.29) is 6.61 Å². The molecule has 0 unspecified atom stereocenters. The lowest BCUT2D eigenvalue weighted by Gasteiger charge is -2.21. The van der Waals surface area contributed by atoms with Crippen LogP contribution in [-0.4, -0.2) is 23.9 Å². The molecule has 0 radical (unpaired) electrons. The molecule has 0 aliphatic rings. The van der Waals surface area contributed by atoms with Gasteiger partial charge in [-0.15, -0.1) is 0 Å². The molecule has 0 aromatic heterocycles. The van der Waals surface area contributed by atoms with E-state index in [0.717, 1.165) is 24.8 Å². The average molecular weight is 334 g/mol. The van der Waals surface area contributed by atoms with Gasteiger partial charge in [-0.1, -0.05) is 43.0 Å². The van der Waals surface area contributed by atoms with E-state index in [9.17, 15) is 0 Å². The molecule has 5 heteroatoms. The summed E-state index contributed by atoms with van der Waals surface area (Å²) < 4.78 is 5.66. The molecule has 1 atom stereocenters. The Labute approximate surface area is 137 Å². The Morgan fingerprint density at radius 3 is 2.38 bits per heavy atom. The van der Waals surface area contributed by atoms with Gasteiger partial charge >= 0.3 is 0 Å². The van der Waals surface area contributed by atoms with Gasteiger partial charge in [0.05, 0.1) is 23.3 Å². The Morgan fingerprint density at radius 2 is 1.86 bits per heavy atom. The molecule has 0 saturated heterocycles. The molecule has 0 saturated carbocycles. The van der Waals surface area contributed by atoms with Gasteiger partial charge in [-0.3, -0.25) is 0 Å². The fraction of sp³-hybridized carbons (Fsp3) is 0.625. The lowest BCUT2D eigenvalue weighted by Crippen LogP contribution is -2.40. The first-order chi connectivity index (χ1) is 9.89. The Bertz CT molecular complexity index is 427. The van der Waals surface area contributed by atoms with E-state index in [4.69, 9.17) is 38.8 Å². The fourth-order valence-corrected chi connectivity index (χ4v) is 2.57. The largest absolute Gasteiger partial charge is 0.490 e. The second-order valence-corrected chi connectivity index (χ2v) is 6.57. The van der Waals surface area contributed by atoms with Crippen molar-refractivity contribution >= 4 is 23.2 Å². The van der Waals surface area contributed by atoms with Crippen molar-refractivity contribution in [3.05, 3.63) is 27.7 Å². The van der Waals surface area contributed by atoms with E-state index in [0.29, 0.717) is 35.2 Å². The van der Waals surface area contributed by atoms with Gasteiger partial charge in [0.2, 0.25) is 0 Å². The second kappa shape index (κ2) is 8.84. The molecule has 120 valence electrons. The maximum absolute atomic E-state index is 9.17. The molecule has 1 rings (SSSR count). The van der Waals surface area contributed by atoms with Gasteiger partial charge in [-0.05, 0) is 43.9 Å². The molecule has 0 bridgehead atoms. The topological polar surface area (TPSA) is 55.5 Å². The van der Waals surface area contributed by atoms with Crippen molar-refractivity contribution in [1.82, 2.24) is 0 Å². The van der Waals surface area contributed by atoms with Gasteiger partial charge in [0.15, 0.2) is 5.75 Å². The number of hydrogen-bond donors (Lipinski definition) is 2. The lowest BCUT2D eigenvalue weighted by molar-refractivity contribution is 0.200. The van der Waals surface area contributed by atoms with E-state index in [1.54, 1.807) is 0 Å². The summed E-state index contributed by atoms with van der Waals surface area (Å²) in [5.74, 6) is 0.552. The summed E-state index contributed by atoms with van der Waals surface area (Å²) in [6, 6.07) is 3.71. The minimum absolute atomic E-state index is 0.0485. The number of halogens is 2. The van der Waals surface area contributed by atoms with Crippen molar-refractivity contribution < 1.29 is 9.84 Å². The van der Waals surface area contributed by atoms with E-state index >= 15 is 0 Å². The maximum Gasteiger partial charge on any atom is 0.156 e. The fourth-order valence-electron chi connectivity index (χ4n) is 1.93. The van der Waals surface area contributed by atoms with Gasteiger partial charge in [-0.25, -0.2) is 0 Å². The van der Waals surface area contributed by atoms with Crippen molar-refractivity contribution in [2.24, 2.45) is 5.73 Å².